The van der Waals surface area contributed by atoms with Gasteiger partial charge in [0.05, 0.1) is 5.56 Å². The van der Waals surface area contributed by atoms with Crippen LogP contribution in [-0.4, -0.2) is 28.4 Å². The molecule has 5 heteroatoms. The number of carbonyl (C=O) groups is 1. The Balaban J connectivity index is 1.96. The number of halogens is 1. The Morgan fingerprint density at radius 1 is 1.69 bits per heavy atom. The lowest BCUT2D eigenvalue weighted by Crippen LogP contribution is -2.31. The smallest absolute Gasteiger partial charge is 0.254 e. The van der Waals surface area contributed by atoms with Gasteiger partial charge in [0.25, 0.3) is 5.91 Å². The summed E-state index contributed by atoms with van der Waals surface area (Å²) in [5, 5.41) is 3.17. The summed E-state index contributed by atoms with van der Waals surface area (Å²) in [4.78, 5) is 15.7. The summed E-state index contributed by atoms with van der Waals surface area (Å²) >= 11 is 7.66. The highest BCUT2D eigenvalue weighted by Crippen LogP contribution is 2.46. The molecule has 3 nitrogen and oxygen atoms in total. The number of nitrogens with one attached hydrogen (secondary N) is 1. The maximum absolute atomic E-state index is 11.8. The van der Waals surface area contributed by atoms with Gasteiger partial charge in [-0.25, -0.2) is 4.98 Å². The molecule has 2 rings (SSSR count). The van der Waals surface area contributed by atoms with Crippen molar-refractivity contribution >= 4 is 29.3 Å². The normalized spacial score (nSPS) is 16.9. The molecule has 1 saturated carbocycles. The van der Waals surface area contributed by atoms with Gasteiger partial charge in [0, 0.05) is 17.5 Å². The van der Waals surface area contributed by atoms with E-state index in [-0.39, 0.29) is 15.8 Å². The van der Waals surface area contributed by atoms with E-state index >= 15 is 0 Å². The first-order valence-corrected chi connectivity index (χ1v) is 6.71. The molecular formula is C11H13ClN2OS. The molecule has 1 aliphatic rings. The minimum absolute atomic E-state index is 0.140. The van der Waals surface area contributed by atoms with E-state index in [1.54, 1.807) is 18.3 Å². The number of hydrogen-bond acceptors (Lipinski definition) is 3. The Bertz CT molecular complexity index is 407. The topological polar surface area (TPSA) is 42.0 Å². The van der Waals surface area contributed by atoms with Gasteiger partial charge in [-0.15, -0.1) is 0 Å². The molecule has 0 aliphatic heterocycles. The van der Waals surface area contributed by atoms with E-state index in [0.717, 1.165) is 0 Å². The number of carbonyl (C=O) groups excluding carboxylic acids is 1. The Morgan fingerprint density at radius 2 is 2.44 bits per heavy atom. The lowest BCUT2D eigenvalue weighted by molar-refractivity contribution is 0.0953. The van der Waals surface area contributed by atoms with Crippen molar-refractivity contribution in [3.63, 3.8) is 0 Å². The second-order valence-corrected chi connectivity index (χ2v) is 5.54. The van der Waals surface area contributed by atoms with Crippen LogP contribution in [0.15, 0.2) is 18.3 Å². The number of amides is 1. The summed E-state index contributed by atoms with van der Waals surface area (Å²) in [6, 6.07) is 3.39. The van der Waals surface area contributed by atoms with Crippen LogP contribution < -0.4 is 5.32 Å². The molecule has 0 bridgehead atoms. The average Bonchev–Trinajstić information content (AvgIpc) is 3.07. The van der Waals surface area contributed by atoms with Crippen LogP contribution in [0.3, 0.4) is 0 Å². The molecule has 0 spiro atoms. The van der Waals surface area contributed by atoms with Crippen LogP contribution in [0.2, 0.25) is 5.15 Å². The van der Waals surface area contributed by atoms with Gasteiger partial charge in [-0.3, -0.25) is 4.79 Å². The number of nitrogens with zero attached hydrogens (tertiary/aromatic N) is 1. The molecule has 0 saturated heterocycles. The van der Waals surface area contributed by atoms with Gasteiger partial charge >= 0.3 is 0 Å². The summed E-state index contributed by atoms with van der Waals surface area (Å²) in [5.41, 5.74) is 0.445. The standard InChI is InChI=1S/C11H13ClN2OS/c1-16-11(4-5-11)7-14-10(15)8-3-2-6-13-9(8)12/h2-3,6H,4-5,7H2,1H3,(H,14,15). The van der Waals surface area contributed by atoms with Crippen molar-refractivity contribution in [3.05, 3.63) is 29.0 Å². The van der Waals surface area contributed by atoms with E-state index in [9.17, 15) is 4.79 Å². The molecule has 1 aromatic heterocycles. The molecule has 1 N–H and O–H groups in total. The molecule has 1 fully saturated rings. The van der Waals surface area contributed by atoms with Crippen molar-refractivity contribution in [1.82, 2.24) is 10.3 Å². The van der Waals surface area contributed by atoms with Gasteiger partial charge in [-0.05, 0) is 31.2 Å². The predicted molar refractivity (Wildman–Crippen MR) is 67.1 cm³/mol. The molecule has 0 aromatic carbocycles. The van der Waals surface area contributed by atoms with Crippen molar-refractivity contribution in [1.29, 1.82) is 0 Å². The van der Waals surface area contributed by atoms with Crippen LogP contribution in [0, 0.1) is 0 Å². The molecule has 0 atom stereocenters. The number of aromatic nitrogens is 1. The Hall–Kier alpha value is -0.740. The Kier molecular flexibility index (Phi) is 3.40. The van der Waals surface area contributed by atoms with Crippen LogP contribution in [-0.2, 0) is 0 Å². The first-order valence-electron chi connectivity index (χ1n) is 5.11. The summed E-state index contributed by atoms with van der Waals surface area (Å²) in [5.74, 6) is -0.140. The number of hydrogen-bond donors (Lipinski definition) is 1. The average molecular weight is 257 g/mol. The van der Waals surface area contributed by atoms with Crippen molar-refractivity contribution in [2.45, 2.75) is 17.6 Å². The van der Waals surface area contributed by atoms with Crippen LogP contribution in [0.5, 0.6) is 0 Å². The second-order valence-electron chi connectivity index (χ2n) is 3.91. The summed E-state index contributed by atoms with van der Waals surface area (Å²) in [6.45, 7) is 0.707. The highest BCUT2D eigenvalue weighted by Gasteiger charge is 2.42. The van der Waals surface area contributed by atoms with Crippen molar-refractivity contribution in [2.24, 2.45) is 0 Å². The molecule has 1 aromatic rings. The van der Waals surface area contributed by atoms with Crippen LogP contribution in [0.1, 0.15) is 23.2 Å². The molecule has 86 valence electrons. The summed E-state index contributed by atoms with van der Waals surface area (Å²) in [6.07, 6.45) is 6.00. The SMILES string of the molecule is CSC1(CNC(=O)c2cccnc2Cl)CC1. The van der Waals surface area contributed by atoms with Gasteiger partial charge in [-0.2, -0.15) is 11.8 Å². The maximum Gasteiger partial charge on any atom is 0.254 e. The molecule has 1 aliphatic carbocycles. The van der Waals surface area contributed by atoms with Crippen molar-refractivity contribution in [3.8, 4) is 0 Å². The third-order valence-corrected chi connectivity index (χ3v) is 4.54. The van der Waals surface area contributed by atoms with Crippen LogP contribution >= 0.6 is 23.4 Å². The van der Waals surface area contributed by atoms with Crippen molar-refractivity contribution < 1.29 is 4.79 Å². The predicted octanol–water partition coefficient (Wildman–Crippen LogP) is 2.36. The molecule has 1 heterocycles. The maximum atomic E-state index is 11.8. The molecular weight excluding hydrogens is 244 g/mol. The van der Waals surface area contributed by atoms with E-state index in [1.165, 1.54) is 12.8 Å². The number of rotatable bonds is 4. The lowest BCUT2D eigenvalue weighted by Gasteiger charge is -2.13. The molecule has 1 amide bonds. The molecule has 16 heavy (non-hydrogen) atoms. The fraction of sp³-hybridized carbons (Fsp3) is 0.455. The van der Waals surface area contributed by atoms with E-state index in [0.29, 0.717) is 12.1 Å². The third kappa shape index (κ3) is 2.50. The van der Waals surface area contributed by atoms with E-state index in [4.69, 9.17) is 11.6 Å². The largest absolute Gasteiger partial charge is 0.351 e. The third-order valence-electron chi connectivity index (χ3n) is 2.82. The van der Waals surface area contributed by atoms with E-state index in [1.807, 2.05) is 11.8 Å². The minimum Gasteiger partial charge on any atom is -0.351 e. The first kappa shape index (κ1) is 11.7. The van der Waals surface area contributed by atoms with Gasteiger partial charge in [0.15, 0.2) is 0 Å². The van der Waals surface area contributed by atoms with Gasteiger partial charge in [-0.1, -0.05) is 11.6 Å². The zero-order valence-corrected chi connectivity index (χ0v) is 10.6. The van der Waals surface area contributed by atoms with Crippen molar-refractivity contribution in [2.75, 3.05) is 12.8 Å². The lowest BCUT2D eigenvalue weighted by atomic mass is 10.2. The fourth-order valence-corrected chi connectivity index (χ4v) is 2.42. The Morgan fingerprint density at radius 3 is 3.00 bits per heavy atom. The zero-order valence-electron chi connectivity index (χ0n) is 9.00. The first-order chi connectivity index (χ1) is 7.67. The zero-order chi connectivity index (χ0) is 11.6. The minimum atomic E-state index is -0.140. The monoisotopic (exact) mass is 256 g/mol. The van der Waals surface area contributed by atoms with E-state index in [2.05, 4.69) is 16.6 Å². The molecule has 0 radical (unpaired) electrons. The fourth-order valence-electron chi connectivity index (χ4n) is 1.48. The Labute approximate surface area is 104 Å². The van der Waals surface area contributed by atoms with Crippen LogP contribution in [0.25, 0.3) is 0 Å². The van der Waals surface area contributed by atoms with Crippen LogP contribution in [0.4, 0.5) is 0 Å². The molecule has 0 unspecified atom stereocenters. The quantitative estimate of drug-likeness (QED) is 0.841. The number of pyridine rings is 1. The second kappa shape index (κ2) is 4.63. The van der Waals surface area contributed by atoms with E-state index < -0.39 is 0 Å². The van der Waals surface area contributed by atoms with Gasteiger partial charge in [0.2, 0.25) is 0 Å². The van der Waals surface area contributed by atoms with Gasteiger partial charge < -0.3 is 5.32 Å². The number of thioether (sulfide) groups is 1. The highest BCUT2D eigenvalue weighted by atomic mass is 35.5. The van der Waals surface area contributed by atoms with Gasteiger partial charge in [0.1, 0.15) is 5.15 Å². The summed E-state index contributed by atoms with van der Waals surface area (Å²) < 4.78 is 0.268. The highest BCUT2D eigenvalue weighted by molar-refractivity contribution is 8.00. The summed E-state index contributed by atoms with van der Waals surface area (Å²) in [7, 11) is 0.